The highest BCUT2D eigenvalue weighted by Gasteiger charge is 2.31. The van der Waals surface area contributed by atoms with Gasteiger partial charge >= 0.3 is 0 Å². The minimum atomic E-state index is -0.388. The Bertz CT molecular complexity index is 453. The third-order valence-electron chi connectivity index (χ3n) is 2.73. The van der Waals surface area contributed by atoms with Gasteiger partial charge in [-0.05, 0) is 30.9 Å². The van der Waals surface area contributed by atoms with Crippen LogP contribution in [0.4, 0.5) is 5.69 Å². The lowest BCUT2D eigenvalue weighted by atomic mass is 10.0. The van der Waals surface area contributed by atoms with Crippen LogP contribution in [0.2, 0.25) is 0 Å². The summed E-state index contributed by atoms with van der Waals surface area (Å²) in [4.78, 5) is 21.8. The summed E-state index contributed by atoms with van der Waals surface area (Å²) in [6.07, 6.45) is 1.94. The number of carbonyl (C=O) groups is 1. The Morgan fingerprint density at radius 3 is 2.69 bits per heavy atom. The molecule has 84 valence electrons. The molecule has 1 N–H and O–H groups in total. The van der Waals surface area contributed by atoms with Gasteiger partial charge in [-0.3, -0.25) is 14.9 Å². The smallest absolute Gasteiger partial charge is 0.272 e. The van der Waals surface area contributed by atoms with E-state index in [-0.39, 0.29) is 22.4 Å². The standard InChI is InChI=1S/C11H12N2O3/c1-12-11(14)8-4-5-10(13(15)16)9(6-8)7-2-3-7/h4-7H,2-3H2,1H3,(H,12,14). The second kappa shape index (κ2) is 3.92. The Morgan fingerprint density at radius 1 is 1.50 bits per heavy atom. The van der Waals surface area contributed by atoms with Crippen molar-refractivity contribution in [3.05, 3.63) is 39.4 Å². The summed E-state index contributed by atoms with van der Waals surface area (Å²) in [5, 5.41) is 13.3. The quantitative estimate of drug-likeness (QED) is 0.624. The Kier molecular flexibility index (Phi) is 2.60. The first-order valence-electron chi connectivity index (χ1n) is 5.14. The maximum atomic E-state index is 11.4. The third-order valence-corrected chi connectivity index (χ3v) is 2.73. The molecule has 1 aliphatic carbocycles. The van der Waals surface area contributed by atoms with Crippen molar-refractivity contribution in [2.75, 3.05) is 7.05 Å². The predicted molar refractivity (Wildman–Crippen MR) is 58.5 cm³/mol. The van der Waals surface area contributed by atoms with Crippen LogP contribution in [0.1, 0.15) is 34.7 Å². The van der Waals surface area contributed by atoms with Crippen molar-refractivity contribution in [2.24, 2.45) is 0 Å². The summed E-state index contributed by atoms with van der Waals surface area (Å²) in [6.45, 7) is 0. The van der Waals surface area contributed by atoms with Crippen molar-refractivity contribution in [3.8, 4) is 0 Å². The molecule has 1 saturated carbocycles. The summed E-state index contributed by atoms with van der Waals surface area (Å²) in [7, 11) is 1.54. The number of hydrogen-bond acceptors (Lipinski definition) is 3. The summed E-state index contributed by atoms with van der Waals surface area (Å²) >= 11 is 0. The summed E-state index contributed by atoms with van der Waals surface area (Å²) in [6, 6.07) is 4.54. The van der Waals surface area contributed by atoms with E-state index in [0.29, 0.717) is 11.1 Å². The van der Waals surface area contributed by atoms with E-state index in [2.05, 4.69) is 5.32 Å². The van der Waals surface area contributed by atoms with Crippen LogP contribution in [-0.4, -0.2) is 17.9 Å². The molecule has 0 aromatic heterocycles. The number of nitro groups is 1. The third kappa shape index (κ3) is 1.88. The van der Waals surface area contributed by atoms with Gasteiger partial charge in [0.2, 0.25) is 0 Å². The second-order valence-electron chi connectivity index (χ2n) is 3.88. The van der Waals surface area contributed by atoms with Gasteiger partial charge in [-0.2, -0.15) is 0 Å². The molecule has 2 rings (SSSR count). The maximum absolute atomic E-state index is 11.4. The molecule has 0 unspecified atom stereocenters. The number of carbonyl (C=O) groups excluding carboxylic acids is 1. The van der Waals surface area contributed by atoms with E-state index in [1.165, 1.54) is 12.1 Å². The van der Waals surface area contributed by atoms with Crippen LogP contribution in [0, 0.1) is 10.1 Å². The molecule has 0 radical (unpaired) electrons. The zero-order valence-electron chi connectivity index (χ0n) is 8.90. The van der Waals surface area contributed by atoms with Gasteiger partial charge in [0.25, 0.3) is 11.6 Å². The summed E-state index contributed by atoms with van der Waals surface area (Å²) < 4.78 is 0. The van der Waals surface area contributed by atoms with E-state index >= 15 is 0 Å². The molecular formula is C11H12N2O3. The highest BCUT2D eigenvalue weighted by atomic mass is 16.6. The van der Waals surface area contributed by atoms with Gasteiger partial charge < -0.3 is 5.32 Å². The average Bonchev–Trinajstić information content (AvgIpc) is 3.10. The zero-order valence-corrected chi connectivity index (χ0v) is 8.90. The minimum absolute atomic E-state index is 0.121. The molecule has 0 spiro atoms. The van der Waals surface area contributed by atoms with E-state index in [1.807, 2.05) is 0 Å². The number of nitrogens with zero attached hydrogens (tertiary/aromatic N) is 1. The van der Waals surface area contributed by atoms with E-state index in [4.69, 9.17) is 0 Å². The van der Waals surface area contributed by atoms with Crippen LogP contribution in [0.15, 0.2) is 18.2 Å². The molecule has 5 nitrogen and oxygen atoms in total. The van der Waals surface area contributed by atoms with Crippen molar-refractivity contribution in [2.45, 2.75) is 18.8 Å². The maximum Gasteiger partial charge on any atom is 0.272 e. The molecule has 0 bridgehead atoms. The fourth-order valence-electron chi connectivity index (χ4n) is 1.73. The molecular weight excluding hydrogens is 208 g/mol. The molecule has 0 heterocycles. The molecule has 0 saturated heterocycles. The Balaban J connectivity index is 2.43. The van der Waals surface area contributed by atoms with E-state index < -0.39 is 0 Å². The number of amides is 1. The molecule has 0 aliphatic heterocycles. The van der Waals surface area contributed by atoms with Gasteiger partial charge in [-0.1, -0.05) is 0 Å². The van der Waals surface area contributed by atoms with Crippen LogP contribution in [0.5, 0.6) is 0 Å². The SMILES string of the molecule is CNC(=O)c1ccc([N+](=O)[O-])c(C2CC2)c1. The topological polar surface area (TPSA) is 72.2 Å². The number of nitrogens with one attached hydrogen (secondary N) is 1. The zero-order chi connectivity index (χ0) is 11.7. The normalized spacial score (nSPS) is 14.6. The number of rotatable bonds is 3. The summed E-state index contributed by atoms with van der Waals surface area (Å²) in [5.74, 6) is 0.0433. The second-order valence-corrected chi connectivity index (χ2v) is 3.88. The van der Waals surface area contributed by atoms with Crippen LogP contribution < -0.4 is 5.32 Å². The highest BCUT2D eigenvalue weighted by Crippen LogP contribution is 2.44. The van der Waals surface area contributed by atoms with E-state index in [9.17, 15) is 14.9 Å². The van der Waals surface area contributed by atoms with Crippen molar-refractivity contribution in [3.63, 3.8) is 0 Å². The first-order valence-corrected chi connectivity index (χ1v) is 5.14. The van der Waals surface area contributed by atoms with Gasteiger partial charge in [0.05, 0.1) is 4.92 Å². The van der Waals surface area contributed by atoms with Gasteiger partial charge in [0.15, 0.2) is 0 Å². The van der Waals surface area contributed by atoms with E-state index in [1.54, 1.807) is 13.1 Å². The molecule has 16 heavy (non-hydrogen) atoms. The molecule has 1 fully saturated rings. The van der Waals surface area contributed by atoms with Crippen LogP contribution in [-0.2, 0) is 0 Å². The highest BCUT2D eigenvalue weighted by molar-refractivity contribution is 5.94. The fourth-order valence-corrected chi connectivity index (χ4v) is 1.73. The molecule has 0 atom stereocenters. The van der Waals surface area contributed by atoms with Gasteiger partial charge in [0, 0.05) is 24.2 Å². The monoisotopic (exact) mass is 220 g/mol. The predicted octanol–water partition coefficient (Wildman–Crippen LogP) is 1.83. The van der Waals surface area contributed by atoms with Crippen LogP contribution >= 0.6 is 0 Å². The first-order chi connectivity index (χ1) is 7.63. The van der Waals surface area contributed by atoms with Crippen molar-refractivity contribution >= 4 is 11.6 Å². The van der Waals surface area contributed by atoms with Crippen LogP contribution in [0.25, 0.3) is 0 Å². The lowest BCUT2D eigenvalue weighted by Crippen LogP contribution is -2.18. The fraction of sp³-hybridized carbons (Fsp3) is 0.364. The largest absolute Gasteiger partial charge is 0.355 e. The van der Waals surface area contributed by atoms with Crippen molar-refractivity contribution in [1.82, 2.24) is 5.32 Å². The van der Waals surface area contributed by atoms with Gasteiger partial charge in [-0.25, -0.2) is 0 Å². The molecule has 1 amide bonds. The van der Waals surface area contributed by atoms with Gasteiger partial charge in [0.1, 0.15) is 0 Å². The van der Waals surface area contributed by atoms with E-state index in [0.717, 1.165) is 12.8 Å². The Hall–Kier alpha value is -1.91. The summed E-state index contributed by atoms with van der Waals surface area (Å²) in [5.41, 5.74) is 1.29. The van der Waals surface area contributed by atoms with Crippen molar-refractivity contribution in [1.29, 1.82) is 0 Å². The lowest BCUT2D eigenvalue weighted by Gasteiger charge is -2.04. The molecule has 1 aromatic carbocycles. The van der Waals surface area contributed by atoms with Crippen molar-refractivity contribution < 1.29 is 9.72 Å². The number of nitro benzene ring substituents is 1. The number of benzene rings is 1. The van der Waals surface area contributed by atoms with Crippen LogP contribution in [0.3, 0.4) is 0 Å². The first kappa shape index (κ1) is 10.6. The minimum Gasteiger partial charge on any atom is -0.355 e. The lowest BCUT2D eigenvalue weighted by molar-refractivity contribution is -0.385. The molecule has 1 aromatic rings. The van der Waals surface area contributed by atoms with Gasteiger partial charge in [-0.15, -0.1) is 0 Å². The number of hydrogen-bond donors (Lipinski definition) is 1. The Labute approximate surface area is 92.6 Å². The average molecular weight is 220 g/mol. The molecule has 5 heteroatoms. The Morgan fingerprint density at radius 2 is 2.19 bits per heavy atom. The molecule has 1 aliphatic rings.